The molecule has 17 heavy (non-hydrogen) atoms. The number of nitro benzene ring substituents is 1. The molecule has 0 atom stereocenters. The fourth-order valence-corrected chi connectivity index (χ4v) is 1.39. The number of halogens is 3. The number of carbonyl (C=O) groups is 1. The molecule has 0 saturated heterocycles. The summed E-state index contributed by atoms with van der Waals surface area (Å²) in [5.41, 5.74) is -1.58. The Hall–Kier alpha value is -1.96. The zero-order valence-corrected chi connectivity index (χ0v) is 8.65. The van der Waals surface area contributed by atoms with Crippen LogP contribution in [-0.2, 0) is 0 Å². The number of carboxylic acid groups (broad SMARTS) is 1. The summed E-state index contributed by atoms with van der Waals surface area (Å²) in [4.78, 5) is 20.3. The summed E-state index contributed by atoms with van der Waals surface area (Å²) in [6, 6.07) is 1.53. The van der Waals surface area contributed by atoms with Crippen molar-refractivity contribution in [2.24, 2.45) is 0 Å². The third-order valence-electron chi connectivity index (χ3n) is 1.71. The van der Waals surface area contributed by atoms with Crippen molar-refractivity contribution in [2.45, 2.75) is 6.61 Å². The minimum atomic E-state index is -3.26. The van der Waals surface area contributed by atoms with Gasteiger partial charge in [-0.15, -0.1) is 0 Å². The van der Waals surface area contributed by atoms with Gasteiger partial charge in [0.25, 0.3) is 5.69 Å². The molecule has 0 fully saturated rings. The summed E-state index contributed by atoms with van der Waals surface area (Å²) in [6.07, 6.45) is 0. The summed E-state index contributed by atoms with van der Waals surface area (Å²) in [6.45, 7) is -3.26. The Morgan fingerprint density at radius 2 is 2.12 bits per heavy atom. The van der Waals surface area contributed by atoms with Crippen molar-refractivity contribution in [1.82, 2.24) is 0 Å². The highest BCUT2D eigenvalue weighted by Crippen LogP contribution is 2.35. The number of nitro groups is 1. The van der Waals surface area contributed by atoms with Crippen LogP contribution in [0, 0.1) is 10.1 Å². The standard InChI is InChI=1S/C8H4ClF2NO5/c9-6-3(12(15)16)1-2-4(17-8(10)11)5(6)7(13)14/h1-2,8H,(H,13,14). The maximum absolute atomic E-state index is 12.0. The van der Waals surface area contributed by atoms with Gasteiger partial charge in [0.2, 0.25) is 0 Å². The Labute approximate surface area is 97.5 Å². The van der Waals surface area contributed by atoms with Gasteiger partial charge >= 0.3 is 12.6 Å². The van der Waals surface area contributed by atoms with Gasteiger partial charge in [0.1, 0.15) is 16.3 Å². The van der Waals surface area contributed by atoms with Crippen LogP contribution in [0.15, 0.2) is 12.1 Å². The van der Waals surface area contributed by atoms with Crippen molar-refractivity contribution >= 4 is 23.3 Å². The monoisotopic (exact) mass is 267 g/mol. The zero-order chi connectivity index (χ0) is 13.2. The topological polar surface area (TPSA) is 89.7 Å². The molecule has 0 unspecified atom stereocenters. The number of hydrogen-bond donors (Lipinski definition) is 1. The summed E-state index contributed by atoms with van der Waals surface area (Å²) in [5.74, 6) is -2.43. The smallest absolute Gasteiger partial charge is 0.387 e. The predicted molar refractivity (Wildman–Crippen MR) is 51.7 cm³/mol. The van der Waals surface area contributed by atoms with Crippen molar-refractivity contribution in [3.8, 4) is 5.75 Å². The lowest BCUT2D eigenvalue weighted by atomic mass is 10.2. The highest BCUT2D eigenvalue weighted by Gasteiger charge is 2.26. The zero-order valence-electron chi connectivity index (χ0n) is 7.89. The number of hydrogen-bond acceptors (Lipinski definition) is 4. The fraction of sp³-hybridized carbons (Fsp3) is 0.125. The lowest BCUT2D eigenvalue weighted by molar-refractivity contribution is -0.384. The average Bonchev–Trinajstić information content (AvgIpc) is 2.15. The number of nitrogens with zero attached hydrogens (tertiary/aromatic N) is 1. The van der Waals surface area contributed by atoms with Crippen molar-refractivity contribution in [3.05, 3.63) is 32.8 Å². The Balaban J connectivity index is 3.39. The molecule has 0 spiro atoms. The molecule has 0 aliphatic carbocycles. The van der Waals surface area contributed by atoms with Crippen LogP contribution in [0.25, 0.3) is 0 Å². The first-order chi connectivity index (χ1) is 7.84. The van der Waals surface area contributed by atoms with E-state index in [0.29, 0.717) is 0 Å². The van der Waals surface area contributed by atoms with Gasteiger partial charge in [0, 0.05) is 6.07 Å². The van der Waals surface area contributed by atoms with Gasteiger partial charge in [0.05, 0.1) is 4.92 Å². The first-order valence-corrected chi connectivity index (χ1v) is 4.37. The molecule has 0 heterocycles. The minimum absolute atomic E-state index is 0.703. The highest BCUT2D eigenvalue weighted by atomic mass is 35.5. The van der Waals surface area contributed by atoms with Crippen LogP contribution in [0.3, 0.4) is 0 Å². The van der Waals surface area contributed by atoms with Crippen LogP contribution in [0.1, 0.15) is 10.4 Å². The van der Waals surface area contributed by atoms with E-state index in [1.54, 1.807) is 0 Å². The number of carboxylic acids is 1. The maximum Gasteiger partial charge on any atom is 0.387 e. The maximum atomic E-state index is 12.0. The van der Waals surface area contributed by atoms with Crippen molar-refractivity contribution in [1.29, 1.82) is 0 Å². The molecule has 0 amide bonds. The van der Waals surface area contributed by atoms with Gasteiger partial charge in [-0.1, -0.05) is 11.6 Å². The molecule has 0 aromatic heterocycles. The number of alkyl halides is 2. The van der Waals surface area contributed by atoms with E-state index >= 15 is 0 Å². The summed E-state index contributed by atoms with van der Waals surface area (Å²) in [5, 5.41) is 18.4. The van der Waals surface area contributed by atoms with E-state index in [-0.39, 0.29) is 0 Å². The molecule has 9 heteroatoms. The quantitative estimate of drug-likeness (QED) is 0.669. The van der Waals surface area contributed by atoms with Crippen LogP contribution in [0.5, 0.6) is 5.75 Å². The molecule has 0 bridgehead atoms. The van der Waals surface area contributed by atoms with Gasteiger partial charge in [-0.2, -0.15) is 8.78 Å². The molecule has 0 aliphatic heterocycles. The Kier molecular flexibility index (Phi) is 3.79. The lowest BCUT2D eigenvalue weighted by Gasteiger charge is -2.08. The predicted octanol–water partition coefficient (Wildman–Crippen LogP) is 2.55. The van der Waals surface area contributed by atoms with E-state index in [4.69, 9.17) is 16.7 Å². The van der Waals surface area contributed by atoms with E-state index in [0.717, 1.165) is 12.1 Å². The Morgan fingerprint density at radius 1 is 1.53 bits per heavy atom. The van der Waals surface area contributed by atoms with E-state index < -0.39 is 39.5 Å². The second-order valence-corrected chi connectivity index (χ2v) is 3.09. The Bertz CT molecular complexity index is 479. The third kappa shape index (κ3) is 2.78. The average molecular weight is 268 g/mol. The summed E-state index contributed by atoms with van der Waals surface area (Å²) >= 11 is 5.44. The van der Waals surface area contributed by atoms with Gasteiger partial charge in [-0.25, -0.2) is 4.79 Å². The summed E-state index contributed by atoms with van der Waals surface area (Å²) < 4.78 is 27.8. The SMILES string of the molecule is O=C(O)c1c(OC(F)F)ccc([N+](=O)[O-])c1Cl. The molecule has 1 aromatic rings. The number of rotatable bonds is 4. The molecule has 1 N–H and O–H groups in total. The largest absolute Gasteiger partial charge is 0.477 e. The van der Waals surface area contributed by atoms with Gasteiger partial charge in [0.15, 0.2) is 0 Å². The van der Waals surface area contributed by atoms with Gasteiger partial charge < -0.3 is 9.84 Å². The molecule has 1 aromatic carbocycles. The number of benzene rings is 1. The number of ether oxygens (including phenoxy) is 1. The minimum Gasteiger partial charge on any atom is -0.477 e. The van der Waals surface area contributed by atoms with Crippen LogP contribution in [0.4, 0.5) is 14.5 Å². The van der Waals surface area contributed by atoms with E-state index in [9.17, 15) is 23.7 Å². The summed E-state index contributed by atoms with van der Waals surface area (Å²) in [7, 11) is 0. The molecule has 0 radical (unpaired) electrons. The Morgan fingerprint density at radius 3 is 2.53 bits per heavy atom. The van der Waals surface area contributed by atoms with Crippen LogP contribution < -0.4 is 4.74 Å². The lowest BCUT2D eigenvalue weighted by Crippen LogP contribution is -2.09. The third-order valence-corrected chi connectivity index (χ3v) is 2.09. The van der Waals surface area contributed by atoms with Crippen LogP contribution >= 0.6 is 11.6 Å². The van der Waals surface area contributed by atoms with Gasteiger partial charge in [-0.3, -0.25) is 10.1 Å². The van der Waals surface area contributed by atoms with Crippen molar-refractivity contribution < 1.29 is 28.3 Å². The van der Waals surface area contributed by atoms with E-state index in [2.05, 4.69) is 4.74 Å². The number of aromatic carboxylic acids is 1. The first-order valence-electron chi connectivity index (χ1n) is 3.99. The molecular formula is C8H4ClF2NO5. The molecule has 6 nitrogen and oxygen atoms in total. The van der Waals surface area contributed by atoms with Crippen molar-refractivity contribution in [2.75, 3.05) is 0 Å². The fourth-order valence-electron chi connectivity index (χ4n) is 1.08. The van der Waals surface area contributed by atoms with E-state index in [1.807, 2.05) is 0 Å². The van der Waals surface area contributed by atoms with Crippen LogP contribution in [-0.4, -0.2) is 22.6 Å². The second-order valence-electron chi connectivity index (χ2n) is 2.71. The molecule has 0 saturated carbocycles. The highest BCUT2D eigenvalue weighted by molar-refractivity contribution is 6.36. The second kappa shape index (κ2) is 4.91. The first kappa shape index (κ1) is 13.1. The molecule has 0 aliphatic rings. The van der Waals surface area contributed by atoms with Crippen LogP contribution in [0.2, 0.25) is 5.02 Å². The molecule has 1 rings (SSSR count). The van der Waals surface area contributed by atoms with Crippen molar-refractivity contribution in [3.63, 3.8) is 0 Å². The van der Waals surface area contributed by atoms with Gasteiger partial charge in [-0.05, 0) is 6.07 Å². The normalized spacial score (nSPS) is 10.4. The molecule has 92 valence electrons. The molecular weight excluding hydrogens is 264 g/mol. The van der Waals surface area contributed by atoms with E-state index in [1.165, 1.54) is 0 Å².